The normalized spacial score (nSPS) is 14.0. The van der Waals surface area contributed by atoms with Gasteiger partial charge in [-0.25, -0.2) is 4.98 Å². The first-order chi connectivity index (χ1) is 13.4. The van der Waals surface area contributed by atoms with Crippen LogP contribution in [0.2, 0.25) is 0 Å². The molecule has 0 radical (unpaired) electrons. The fourth-order valence-corrected chi connectivity index (χ4v) is 3.46. The summed E-state index contributed by atoms with van der Waals surface area (Å²) in [6.07, 6.45) is 0. The molecule has 0 fully saturated rings. The molecule has 0 spiro atoms. The number of ether oxygens (including phenoxy) is 3. The number of thiazole rings is 1. The van der Waals surface area contributed by atoms with Crippen molar-refractivity contribution >= 4 is 22.9 Å². The van der Waals surface area contributed by atoms with Crippen LogP contribution in [0.3, 0.4) is 0 Å². The molecule has 1 aliphatic rings. The molecule has 0 atom stereocenters. The van der Waals surface area contributed by atoms with Gasteiger partial charge in [-0.2, -0.15) is 0 Å². The summed E-state index contributed by atoms with van der Waals surface area (Å²) in [6, 6.07) is 12.4. The van der Waals surface area contributed by atoms with E-state index in [2.05, 4.69) is 10.3 Å². The Kier molecular flexibility index (Phi) is 4.68. The zero-order chi connectivity index (χ0) is 19.7. The first-order valence-electron chi connectivity index (χ1n) is 8.85. The van der Waals surface area contributed by atoms with Crippen LogP contribution < -0.4 is 19.5 Å². The minimum absolute atomic E-state index is 0.229. The maximum Gasteiger partial charge on any atom is 0.255 e. The van der Waals surface area contributed by atoms with Crippen molar-refractivity contribution in [2.24, 2.45) is 0 Å². The highest BCUT2D eigenvalue weighted by atomic mass is 32.1. The molecular formula is C21H20N2O4S. The van der Waals surface area contributed by atoms with Crippen LogP contribution in [0.1, 0.15) is 34.9 Å². The number of aryl methyl sites for hydroxylation is 1. The van der Waals surface area contributed by atoms with Crippen LogP contribution >= 0.6 is 11.3 Å². The van der Waals surface area contributed by atoms with E-state index < -0.39 is 5.79 Å². The quantitative estimate of drug-likeness (QED) is 0.671. The number of anilines is 1. The molecule has 4 rings (SSSR count). The number of aromatic nitrogens is 1. The summed E-state index contributed by atoms with van der Waals surface area (Å²) in [5, 5.41) is 5.84. The molecule has 0 saturated carbocycles. The van der Waals surface area contributed by atoms with Crippen LogP contribution in [0, 0.1) is 6.92 Å². The molecule has 6 nitrogen and oxygen atoms in total. The van der Waals surface area contributed by atoms with Crippen LogP contribution in [0.15, 0.2) is 47.8 Å². The zero-order valence-corrected chi connectivity index (χ0v) is 16.6. The van der Waals surface area contributed by atoms with E-state index in [9.17, 15) is 4.79 Å². The van der Waals surface area contributed by atoms with Crippen molar-refractivity contribution in [2.75, 3.05) is 5.32 Å². The van der Waals surface area contributed by atoms with Crippen molar-refractivity contribution in [3.05, 3.63) is 64.1 Å². The molecule has 144 valence electrons. The third-order valence-corrected chi connectivity index (χ3v) is 4.88. The van der Waals surface area contributed by atoms with Crippen molar-refractivity contribution in [3.63, 3.8) is 0 Å². The van der Waals surface area contributed by atoms with E-state index in [-0.39, 0.29) is 5.91 Å². The van der Waals surface area contributed by atoms with Crippen molar-refractivity contribution in [1.82, 2.24) is 4.98 Å². The van der Waals surface area contributed by atoms with Crippen molar-refractivity contribution < 1.29 is 19.0 Å². The fraction of sp³-hybridized carbons (Fsp3) is 0.238. The highest BCUT2D eigenvalue weighted by Crippen LogP contribution is 2.40. The Morgan fingerprint density at radius 2 is 2.00 bits per heavy atom. The second-order valence-electron chi connectivity index (χ2n) is 6.89. The van der Waals surface area contributed by atoms with Gasteiger partial charge >= 0.3 is 0 Å². The van der Waals surface area contributed by atoms with Gasteiger partial charge in [0, 0.05) is 36.5 Å². The van der Waals surface area contributed by atoms with E-state index in [4.69, 9.17) is 14.2 Å². The summed E-state index contributed by atoms with van der Waals surface area (Å²) in [5.41, 5.74) is 2.01. The average molecular weight is 396 g/mol. The van der Waals surface area contributed by atoms with E-state index in [0.717, 1.165) is 10.7 Å². The van der Waals surface area contributed by atoms with E-state index in [0.29, 0.717) is 35.1 Å². The SMILES string of the molecule is Cc1nc(COc2cccc(C(=O)Nc3ccc4c(c3)OC(C)(C)O4)c2)cs1. The Bertz CT molecular complexity index is 1030. The van der Waals surface area contributed by atoms with Gasteiger partial charge in [-0.05, 0) is 37.3 Å². The van der Waals surface area contributed by atoms with Gasteiger partial charge < -0.3 is 19.5 Å². The smallest absolute Gasteiger partial charge is 0.255 e. The fourth-order valence-electron chi connectivity index (χ4n) is 2.86. The highest BCUT2D eigenvalue weighted by Gasteiger charge is 2.31. The molecule has 1 N–H and O–H groups in total. The second kappa shape index (κ2) is 7.16. The van der Waals surface area contributed by atoms with Crippen LogP contribution in [-0.4, -0.2) is 16.7 Å². The molecule has 0 unspecified atom stereocenters. The van der Waals surface area contributed by atoms with E-state index >= 15 is 0 Å². The number of carbonyl (C=O) groups excluding carboxylic acids is 1. The maximum atomic E-state index is 12.6. The van der Waals surface area contributed by atoms with E-state index in [1.165, 1.54) is 0 Å². The largest absolute Gasteiger partial charge is 0.487 e. The number of amides is 1. The lowest BCUT2D eigenvalue weighted by molar-refractivity contribution is -0.0431. The number of hydrogen-bond acceptors (Lipinski definition) is 6. The Morgan fingerprint density at radius 3 is 2.79 bits per heavy atom. The predicted molar refractivity (Wildman–Crippen MR) is 107 cm³/mol. The lowest BCUT2D eigenvalue weighted by Gasteiger charge is -2.16. The van der Waals surface area contributed by atoms with Crippen molar-refractivity contribution in [2.45, 2.75) is 33.2 Å². The van der Waals surface area contributed by atoms with E-state index in [1.807, 2.05) is 32.2 Å². The van der Waals surface area contributed by atoms with Crippen molar-refractivity contribution in [3.8, 4) is 17.2 Å². The molecular weight excluding hydrogens is 376 g/mol. The number of nitrogens with zero attached hydrogens (tertiary/aromatic N) is 1. The summed E-state index contributed by atoms with van der Waals surface area (Å²) in [6.45, 7) is 6.00. The molecule has 28 heavy (non-hydrogen) atoms. The van der Waals surface area contributed by atoms with Gasteiger partial charge in [-0.3, -0.25) is 4.79 Å². The molecule has 1 aromatic heterocycles. The second-order valence-corrected chi connectivity index (χ2v) is 7.96. The van der Waals surface area contributed by atoms with Gasteiger partial charge in [0.05, 0.1) is 10.7 Å². The van der Waals surface area contributed by atoms with Gasteiger partial charge in [0.1, 0.15) is 12.4 Å². The van der Waals surface area contributed by atoms with Crippen LogP contribution in [0.5, 0.6) is 17.2 Å². The number of benzene rings is 2. The highest BCUT2D eigenvalue weighted by molar-refractivity contribution is 7.09. The van der Waals surface area contributed by atoms with Crippen LogP contribution in [0.25, 0.3) is 0 Å². The van der Waals surface area contributed by atoms with Gasteiger partial charge in [0.15, 0.2) is 11.5 Å². The number of hydrogen-bond donors (Lipinski definition) is 1. The Hall–Kier alpha value is -3.06. The topological polar surface area (TPSA) is 69.7 Å². The van der Waals surface area contributed by atoms with E-state index in [1.54, 1.807) is 47.7 Å². The molecule has 0 saturated heterocycles. The molecule has 2 heterocycles. The number of nitrogens with one attached hydrogen (secondary N) is 1. The monoisotopic (exact) mass is 396 g/mol. The molecule has 0 aliphatic carbocycles. The minimum Gasteiger partial charge on any atom is -0.487 e. The Balaban J connectivity index is 1.43. The van der Waals surface area contributed by atoms with Gasteiger partial charge in [0.2, 0.25) is 5.79 Å². The minimum atomic E-state index is -0.702. The summed E-state index contributed by atoms with van der Waals surface area (Å²) in [4.78, 5) is 17.0. The lowest BCUT2D eigenvalue weighted by Crippen LogP contribution is -2.29. The molecule has 1 aliphatic heterocycles. The summed E-state index contributed by atoms with van der Waals surface area (Å²) >= 11 is 1.58. The first-order valence-corrected chi connectivity index (χ1v) is 9.73. The Labute approximate surface area is 167 Å². The van der Waals surface area contributed by atoms with Crippen LogP contribution in [0.4, 0.5) is 5.69 Å². The standard InChI is InChI=1S/C21H20N2O4S/c1-13-22-16(12-28-13)11-25-17-6-4-5-14(9-17)20(24)23-15-7-8-18-19(10-15)27-21(2,3)26-18/h4-10,12H,11H2,1-3H3,(H,23,24). The summed E-state index contributed by atoms with van der Waals surface area (Å²) < 4.78 is 17.1. The predicted octanol–water partition coefficient (Wildman–Crippen LogP) is 4.79. The summed E-state index contributed by atoms with van der Waals surface area (Å²) in [5.74, 6) is 0.958. The molecule has 2 aromatic carbocycles. The molecule has 0 bridgehead atoms. The van der Waals surface area contributed by atoms with Gasteiger partial charge in [0.25, 0.3) is 5.91 Å². The Morgan fingerprint density at radius 1 is 1.18 bits per heavy atom. The maximum absolute atomic E-state index is 12.6. The number of fused-ring (bicyclic) bond motifs is 1. The van der Waals surface area contributed by atoms with Gasteiger partial charge in [-0.1, -0.05) is 6.07 Å². The van der Waals surface area contributed by atoms with Crippen LogP contribution in [-0.2, 0) is 6.61 Å². The average Bonchev–Trinajstić information content (AvgIpc) is 3.20. The lowest BCUT2D eigenvalue weighted by atomic mass is 10.2. The first kappa shape index (κ1) is 18.3. The molecule has 7 heteroatoms. The third kappa shape index (κ3) is 4.09. The molecule has 3 aromatic rings. The van der Waals surface area contributed by atoms with Gasteiger partial charge in [-0.15, -0.1) is 11.3 Å². The third-order valence-electron chi connectivity index (χ3n) is 4.06. The number of carbonyl (C=O) groups is 1. The molecule has 1 amide bonds. The number of rotatable bonds is 5. The zero-order valence-electron chi connectivity index (χ0n) is 15.8. The summed E-state index contributed by atoms with van der Waals surface area (Å²) in [7, 11) is 0. The van der Waals surface area contributed by atoms with Crippen molar-refractivity contribution in [1.29, 1.82) is 0 Å².